The van der Waals surface area contributed by atoms with E-state index in [4.69, 9.17) is 9.47 Å². The van der Waals surface area contributed by atoms with Crippen LogP contribution in [0.15, 0.2) is 60.0 Å². The molecule has 2 heterocycles. The van der Waals surface area contributed by atoms with E-state index < -0.39 is 6.04 Å². The number of anilines is 1. The highest BCUT2D eigenvalue weighted by atomic mass is 32.1. The minimum atomic E-state index is -0.803. The van der Waals surface area contributed by atoms with E-state index in [0.717, 1.165) is 41.7 Å². The fraction of sp³-hybridized carbons (Fsp3) is 0.379. The molecule has 2 aromatic carbocycles. The second-order valence-electron chi connectivity index (χ2n) is 9.50. The van der Waals surface area contributed by atoms with Crippen molar-refractivity contribution in [3.05, 3.63) is 76.0 Å². The average molecular weight is 505 g/mol. The Bertz CT molecular complexity index is 1190. The first-order valence-electron chi connectivity index (χ1n) is 12.7. The lowest BCUT2D eigenvalue weighted by molar-refractivity contribution is -0.127. The fourth-order valence-electron chi connectivity index (χ4n) is 4.96. The molecule has 0 spiro atoms. The van der Waals surface area contributed by atoms with Gasteiger partial charge in [0.15, 0.2) is 11.5 Å². The van der Waals surface area contributed by atoms with Crippen LogP contribution in [0, 0.1) is 6.92 Å². The average Bonchev–Trinajstić information content (AvgIpc) is 3.41. The summed E-state index contributed by atoms with van der Waals surface area (Å²) in [6.45, 7) is 2.95. The van der Waals surface area contributed by atoms with Crippen molar-refractivity contribution in [1.82, 2.24) is 5.32 Å². The molecular formula is C29H32N2O4S. The van der Waals surface area contributed by atoms with E-state index in [-0.39, 0.29) is 24.3 Å². The van der Waals surface area contributed by atoms with Gasteiger partial charge in [-0.3, -0.25) is 14.5 Å². The van der Waals surface area contributed by atoms with Crippen LogP contribution in [0.5, 0.6) is 11.5 Å². The Kier molecular flexibility index (Phi) is 7.56. The summed E-state index contributed by atoms with van der Waals surface area (Å²) >= 11 is 1.54. The molecule has 1 aliphatic carbocycles. The van der Waals surface area contributed by atoms with Crippen molar-refractivity contribution in [2.24, 2.45) is 0 Å². The second-order valence-corrected chi connectivity index (χ2v) is 10.5. The summed E-state index contributed by atoms with van der Waals surface area (Å²) in [5.74, 6) is 0.941. The van der Waals surface area contributed by atoms with Crippen LogP contribution in [0.25, 0.3) is 0 Å². The fourth-order valence-corrected chi connectivity index (χ4v) is 5.66. The Morgan fingerprint density at radius 1 is 1.00 bits per heavy atom. The number of nitrogens with zero attached hydrogens (tertiary/aromatic N) is 1. The number of benzene rings is 2. The van der Waals surface area contributed by atoms with Crippen LogP contribution in [0.2, 0.25) is 0 Å². The van der Waals surface area contributed by atoms with Gasteiger partial charge in [-0.15, -0.1) is 11.3 Å². The molecule has 2 aliphatic rings. The lowest BCUT2D eigenvalue weighted by atomic mass is 9.94. The second kappa shape index (κ2) is 11.2. The summed E-state index contributed by atoms with van der Waals surface area (Å²) in [4.78, 5) is 30.5. The molecule has 188 valence electrons. The van der Waals surface area contributed by atoms with Gasteiger partial charge in [0.1, 0.15) is 19.3 Å². The van der Waals surface area contributed by atoms with Gasteiger partial charge in [0.25, 0.3) is 0 Å². The van der Waals surface area contributed by atoms with Crippen LogP contribution >= 0.6 is 11.3 Å². The predicted octanol–water partition coefficient (Wildman–Crippen LogP) is 5.59. The van der Waals surface area contributed by atoms with Gasteiger partial charge in [-0.1, -0.05) is 55.2 Å². The van der Waals surface area contributed by atoms with Crippen LogP contribution in [-0.2, 0) is 16.0 Å². The molecule has 1 atom stereocenters. The van der Waals surface area contributed by atoms with E-state index in [1.54, 1.807) is 16.2 Å². The quantitative estimate of drug-likeness (QED) is 0.455. The van der Waals surface area contributed by atoms with Gasteiger partial charge in [0, 0.05) is 22.7 Å². The standard InChI is InChI=1S/C29H32N2O4S/c1-20-9-11-21(12-10-20)28(29(33)30-22-6-3-2-4-7-22)31(27(32)19-24-8-5-17-36-24)23-13-14-25-26(18-23)35-16-15-34-25/h5,8-14,17-18,22,28H,2-4,6-7,15-16,19H2,1H3,(H,30,33)/t28-/m1/s1. The summed E-state index contributed by atoms with van der Waals surface area (Å²) < 4.78 is 11.5. The largest absolute Gasteiger partial charge is 0.486 e. The van der Waals surface area contributed by atoms with Gasteiger partial charge in [-0.2, -0.15) is 0 Å². The van der Waals surface area contributed by atoms with Gasteiger partial charge in [0.2, 0.25) is 11.8 Å². The van der Waals surface area contributed by atoms with Crippen molar-refractivity contribution in [2.45, 2.75) is 57.5 Å². The smallest absolute Gasteiger partial charge is 0.248 e. The Balaban J connectivity index is 1.56. The van der Waals surface area contributed by atoms with Gasteiger partial charge in [0.05, 0.1) is 6.42 Å². The van der Waals surface area contributed by atoms with Gasteiger partial charge in [-0.05, 0) is 48.9 Å². The van der Waals surface area contributed by atoms with E-state index in [2.05, 4.69) is 5.32 Å². The van der Waals surface area contributed by atoms with E-state index in [0.29, 0.717) is 30.4 Å². The number of nitrogens with one attached hydrogen (secondary N) is 1. The maximum atomic E-state index is 13.9. The molecule has 1 saturated carbocycles. The highest BCUT2D eigenvalue weighted by Crippen LogP contribution is 2.37. The number of aryl methyl sites for hydroxylation is 1. The van der Waals surface area contributed by atoms with Crippen molar-refractivity contribution < 1.29 is 19.1 Å². The molecule has 0 unspecified atom stereocenters. The molecule has 0 bridgehead atoms. The molecule has 1 N–H and O–H groups in total. The minimum Gasteiger partial charge on any atom is -0.486 e. The third-order valence-electron chi connectivity index (χ3n) is 6.83. The Labute approximate surface area is 216 Å². The van der Waals surface area contributed by atoms with Crippen LogP contribution in [0.3, 0.4) is 0 Å². The van der Waals surface area contributed by atoms with E-state index in [1.807, 2.05) is 66.9 Å². The molecule has 0 saturated heterocycles. The van der Waals surface area contributed by atoms with E-state index >= 15 is 0 Å². The highest BCUT2D eigenvalue weighted by molar-refractivity contribution is 7.10. The summed E-state index contributed by atoms with van der Waals surface area (Å²) in [5.41, 5.74) is 2.49. The van der Waals surface area contributed by atoms with Gasteiger partial charge >= 0.3 is 0 Å². The highest BCUT2D eigenvalue weighted by Gasteiger charge is 2.35. The zero-order valence-corrected chi connectivity index (χ0v) is 21.4. The molecule has 1 aromatic heterocycles. The molecule has 6 nitrogen and oxygen atoms in total. The SMILES string of the molecule is Cc1ccc([C@H](C(=O)NC2CCCCC2)N(C(=O)Cc2cccs2)c2ccc3c(c2)OCCO3)cc1. The van der Waals surface area contributed by atoms with Crippen molar-refractivity contribution in [3.8, 4) is 11.5 Å². The summed E-state index contributed by atoms with van der Waals surface area (Å²) in [5, 5.41) is 5.23. The maximum Gasteiger partial charge on any atom is 0.248 e. The summed E-state index contributed by atoms with van der Waals surface area (Å²) in [6, 6.07) is 16.6. The van der Waals surface area contributed by atoms with E-state index in [9.17, 15) is 9.59 Å². The van der Waals surface area contributed by atoms with Gasteiger partial charge < -0.3 is 14.8 Å². The first-order valence-corrected chi connectivity index (χ1v) is 13.6. The third kappa shape index (κ3) is 5.57. The summed E-state index contributed by atoms with van der Waals surface area (Å²) in [6.07, 6.45) is 5.59. The molecular weight excluding hydrogens is 472 g/mol. The Hall–Kier alpha value is -3.32. The van der Waals surface area contributed by atoms with Crippen molar-refractivity contribution in [2.75, 3.05) is 18.1 Å². The topological polar surface area (TPSA) is 67.9 Å². The molecule has 0 radical (unpaired) electrons. The lowest BCUT2D eigenvalue weighted by Gasteiger charge is -2.34. The zero-order chi connectivity index (χ0) is 24.9. The number of rotatable bonds is 7. The third-order valence-corrected chi connectivity index (χ3v) is 7.71. The molecule has 2 amide bonds. The number of thiophene rings is 1. The number of carbonyl (C=O) groups excluding carboxylic acids is 2. The van der Waals surface area contributed by atoms with E-state index in [1.165, 1.54) is 6.42 Å². The minimum absolute atomic E-state index is 0.133. The van der Waals surface area contributed by atoms with Gasteiger partial charge in [-0.25, -0.2) is 0 Å². The number of amides is 2. The first kappa shape index (κ1) is 24.4. The predicted molar refractivity (Wildman–Crippen MR) is 142 cm³/mol. The molecule has 5 rings (SSSR count). The lowest BCUT2D eigenvalue weighted by Crippen LogP contribution is -2.47. The van der Waals surface area contributed by atoms with Crippen LogP contribution in [-0.4, -0.2) is 31.1 Å². The monoisotopic (exact) mass is 504 g/mol. The molecule has 1 fully saturated rings. The van der Waals surface area contributed by atoms with Crippen molar-refractivity contribution in [1.29, 1.82) is 0 Å². The van der Waals surface area contributed by atoms with Crippen molar-refractivity contribution >= 4 is 28.8 Å². The first-order chi connectivity index (χ1) is 17.6. The normalized spacial score (nSPS) is 16.2. The Morgan fingerprint density at radius 3 is 2.47 bits per heavy atom. The maximum absolute atomic E-state index is 13.9. The van der Waals surface area contributed by atoms with Crippen molar-refractivity contribution in [3.63, 3.8) is 0 Å². The summed E-state index contributed by atoms with van der Waals surface area (Å²) in [7, 11) is 0. The molecule has 36 heavy (non-hydrogen) atoms. The molecule has 7 heteroatoms. The molecule has 1 aliphatic heterocycles. The number of hydrogen-bond donors (Lipinski definition) is 1. The van der Waals surface area contributed by atoms with Crippen LogP contribution in [0.1, 0.15) is 54.1 Å². The number of fused-ring (bicyclic) bond motifs is 1. The van der Waals surface area contributed by atoms with Crippen LogP contribution in [0.4, 0.5) is 5.69 Å². The number of ether oxygens (including phenoxy) is 2. The number of carbonyl (C=O) groups is 2. The van der Waals surface area contributed by atoms with Crippen LogP contribution < -0.4 is 19.7 Å². The Morgan fingerprint density at radius 2 is 1.75 bits per heavy atom. The number of hydrogen-bond acceptors (Lipinski definition) is 5. The zero-order valence-electron chi connectivity index (χ0n) is 20.6. The molecule has 3 aromatic rings.